The first-order valence-electron chi connectivity index (χ1n) is 6.29. The van der Waals surface area contributed by atoms with Crippen molar-refractivity contribution in [1.82, 2.24) is 0 Å². The molecule has 1 heterocycles. The molecular weight excluding hydrogens is 212 g/mol. The number of aryl methyl sites for hydroxylation is 3. The van der Waals surface area contributed by atoms with Crippen LogP contribution in [0.5, 0.6) is 0 Å². The van der Waals surface area contributed by atoms with E-state index in [1.54, 1.807) is 0 Å². The summed E-state index contributed by atoms with van der Waals surface area (Å²) in [6, 6.07) is 4.19. The fourth-order valence-electron chi connectivity index (χ4n) is 2.73. The zero-order valence-electron chi connectivity index (χ0n) is 10.9. The topological polar surface area (TPSA) is 26.3 Å². The van der Waals surface area contributed by atoms with Crippen LogP contribution in [-0.2, 0) is 4.74 Å². The van der Waals surface area contributed by atoms with Crippen LogP contribution in [-0.4, -0.2) is 19.0 Å². The summed E-state index contributed by atoms with van der Waals surface area (Å²) >= 11 is 0. The number of ether oxygens (including phenoxy) is 1. The second-order valence-electron chi connectivity index (χ2n) is 5.02. The van der Waals surface area contributed by atoms with E-state index in [1.807, 2.05) is 13.8 Å². The van der Waals surface area contributed by atoms with Crippen LogP contribution in [0.4, 0.5) is 0 Å². The van der Waals surface area contributed by atoms with Crippen LogP contribution < -0.4 is 0 Å². The van der Waals surface area contributed by atoms with Gasteiger partial charge in [-0.15, -0.1) is 0 Å². The third-order valence-corrected chi connectivity index (χ3v) is 3.52. The smallest absolute Gasteiger partial charge is 0.166 e. The molecule has 0 aliphatic carbocycles. The average Bonchev–Trinajstić information content (AvgIpc) is 2.28. The fourth-order valence-corrected chi connectivity index (χ4v) is 2.73. The summed E-state index contributed by atoms with van der Waals surface area (Å²) in [5.41, 5.74) is 4.38. The molecule has 92 valence electrons. The Hall–Kier alpha value is -1.15. The van der Waals surface area contributed by atoms with Crippen molar-refractivity contribution in [2.45, 2.75) is 33.6 Å². The molecule has 2 heteroatoms. The quantitative estimate of drug-likeness (QED) is 0.732. The molecule has 0 atom stereocenters. The third kappa shape index (κ3) is 2.58. The number of hydrogen-bond donors (Lipinski definition) is 0. The first-order chi connectivity index (χ1) is 8.09. The summed E-state index contributed by atoms with van der Waals surface area (Å²) in [7, 11) is 0. The number of rotatable bonds is 2. The minimum atomic E-state index is 0.156. The summed E-state index contributed by atoms with van der Waals surface area (Å²) in [5.74, 6) is 0.465. The predicted molar refractivity (Wildman–Crippen MR) is 68.5 cm³/mol. The molecule has 1 aromatic carbocycles. The Bertz CT molecular complexity index is 406. The van der Waals surface area contributed by atoms with E-state index in [2.05, 4.69) is 19.1 Å². The van der Waals surface area contributed by atoms with Gasteiger partial charge in [-0.2, -0.15) is 0 Å². The second kappa shape index (κ2) is 5.01. The number of carbonyl (C=O) groups is 1. The lowest BCUT2D eigenvalue weighted by molar-refractivity contribution is 0.0544. The summed E-state index contributed by atoms with van der Waals surface area (Å²) in [6.07, 6.45) is 1.73. The molecule has 0 saturated carbocycles. The number of benzene rings is 1. The maximum atomic E-state index is 12.5. The van der Waals surface area contributed by atoms with Gasteiger partial charge in [0, 0.05) is 24.7 Å². The molecule has 0 N–H and O–H groups in total. The second-order valence-corrected chi connectivity index (χ2v) is 5.02. The average molecular weight is 232 g/mol. The molecule has 0 aromatic heterocycles. The van der Waals surface area contributed by atoms with E-state index < -0.39 is 0 Å². The van der Waals surface area contributed by atoms with Gasteiger partial charge >= 0.3 is 0 Å². The summed E-state index contributed by atoms with van der Waals surface area (Å²) in [6.45, 7) is 7.59. The number of ketones is 1. The Kier molecular flexibility index (Phi) is 3.63. The van der Waals surface area contributed by atoms with Crippen molar-refractivity contribution in [3.63, 3.8) is 0 Å². The summed E-state index contributed by atoms with van der Waals surface area (Å²) in [4.78, 5) is 12.5. The molecule has 1 aliphatic rings. The maximum absolute atomic E-state index is 12.5. The molecule has 0 bridgehead atoms. The van der Waals surface area contributed by atoms with Gasteiger partial charge in [-0.05, 0) is 44.7 Å². The van der Waals surface area contributed by atoms with Gasteiger partial charge in [0.25, 0.3) is 0 Å². The SMILES string of the molecule is Cc1cc(C)c(C(=O)C2CCOCC2)c(C)c1. The third-order valence-electron chi connectivity index (χ3n) is 3.52. The van der Waals surface area contributed by atoms with E-state index in [-0.39, 0.29) is 5.92 Å². The summed E-state index contributed by atoms with van der Waals surface area (Å²) in [5, 5.41) is 0. The maximum Gasteiger partial charge on any atom is 0.166 e. The lowest BCUT2D eigenvalue weighted by Gasteiger charge is -2.22. The molecule has 1 saturated heterocycles. The first kappa shape index (κ1) is 12.3. The van der Waals surface area contributed by atoms with E-state index in [0.29, 0.717) is 5.78 Å². The van der Waals surface area contributed by atoms with Crippen molar-refractivity contribution in [2.75, 3.05) is 13.2 Å². The van der Waals surface area contributed by atoms with Crippen LogP contribution in [0.15, 0.2) is 12.1 Å². The zero-order valence-corrected chi connectivity index (χ0v) is 10.9. The molecule has 2 rings (SSSR count). The molecule has 1 aliphatic heterocycles. The number of hydrogen-bond acceptors (Lipinski definition) is 2. The Morgan fingerprint density at radius 3 is 2.18 bits per heavy atom. The van der Waals surface area contributed by atoms with Crippen molar-refractivity contribution in [1.29, 1.82) is 0 Å². The Balaban J connectivity index is 2.30. The molecular formula is C15H20O2. The Labute approximate surface area is 103 Å². The first-order valence-corrected chi connectivity index (χ1v) is 6.29. The molecule has 2 nitrogen and oxygen atoms in total. The minimum absolute atomic E-state index is 0.156. The lowest BCUT2D eigenvalue weighted by atomic mass is 9.86. The highest BCUT2D eigenvalue weighted by molar-refractivity contribution is 6.00. The van der Waals surface area contributed by atoms with E-state index in [0.717, 1.165) is 42.7 Å². The van der Waals surface area contributed by atoms with Crippen molar-refractivity contribution >= 4 is 5.78 Å². The molecule has 1 fully saturated rings. The van der Waals surface area contributed by atoms with Gasteiger partial charge in [0.15, 0.2) is 5.78 Å². The van der Waals surface area contributed by atoms with Crippen molar-refractivity contribution in [3.8, 4) is 0 Å². The Morgan fingerprint density at radius 2 is 1.65 bits per heavy atom. The van der Waals surface area contributed by atoms with Crippen LogP contribution in [0, 0.1) is 26.7 Å². The highest BCUT2D eigenvalue weighted by Crippen LogP contribution is 2.25. The molecule has 0 radical (unpaired) electrons. The van der Waals surface area contributed by atoms with Gasteiger partial charge in [0.05, 0.1) is 0 Å². The van der Waals surface area contributed by atoms with Crippen LogP contribution in [0.25, 0.3) is 0 Å². The van der Waals surface area contributed by atoms with Crippen molar-refractivity contribution in [3.05, 3.63) is 34.4 Å². The monoisotopic (exact) mass is 232 g/mol. The fraction of sp³-hybridized carbons (Fsp3) is 0.533. The highest BCUT2D eigenvalue weighted by atomic mass is 16.5. The largest absolute Gasteiger partial charge is 0.381 e. The van der Waals surface area contributed by atoms with Crippen LogP contribution in [0.1, 0.15) is 39.9 Å². The summed E-state index contributed by atoms with van der Waals surface area (Å²) < 4.78 is 5.31. The van der Waals surface area contributed by atoms with Gasteiger partial charge < -0.3 is 4.74 Å². The molecule has 1 aromatic rings. The van der Waals surface area contributed by atoms with Gasteiger partial charge in [0.2, 0.25) is 0 Å². The van der Waals surface area contributed by atoms with E-state index in [1.165, 1.54) is 5.56 Å². The number of Topliss-reactive ketones (excluding diaryl/α,β-unsaturated/α-hetero) is 1. The minimum Gasteiger partial charge on any atom is -0.381 e. The van der Waals surface area contributed by atoms with E-state index >= 15 is 0 Å². The van der Waals surface area contributed by atoms with Crippen LogP contribution in [0.3, 0.4) is 0 Å². The highest BCUT2D eigenvalue weighted by Gasteiger charge is 2.25. The van der Waals surface area contributed by atoms with Gasteiger partial charge in [-0.3, -0.25) is 4.79 Å². The normalized spacial score (nSPS) is 17.1. The molecule has 0 amide bonds. The molecule has 0 unspecified atom stereocenters. The number of carbonyl (C=O) groups excluding carboxylic acids is 1. The van der Waals surface area contributed by atoms with Gasteiger partial charge in [0.1, 0.15) is 0 Å². The van der Waals surface area contributed by atoms with Crippen LogP contribution in [0.2, 0.25) is 0 Å². The predicted octanol–water partition coefficient (Wildman–Crippen LogP) is 3.22. The van der Waals surface area contributed by atoms with Crippen LogP contribution >= 0.6 is 0 Å². The van der Waals surface area contributed by atoms with E-state index in [9.17, 15) is 4.79 Å². The van der Waals surface area contributed by atoms with Gasteiger partial charge in [-0.1, -0.05) is 17.7 Å². The van der Waals surface area contributed by atoms with Crippen molar-refractivity contribution in [2.24, 2.45) is 5.92 Å². The molecule has 0 spiro atoms. The zero-order chi connectivity index (χ0) is 12.4. The molecule has 17 heavy (non-hydrogen) atoms. The Morgan fingerprint density at radius 1 is 1.12 bits per heavy atom. The van der Waals surface area contributed by atoms with Crippen molar-refractivity contribution < 1.29 is 9.53 Å². The van der Waals surface area contributed by atoms with E-state index in [4.69, 9.17) is 4.74 Å². The standard InChI is InChI=1S/C15H20O2/c1-10-8-11(2)14(12(3)9-10)15(16)13-4-6-17-7-5-13/h8-9,13H,4-7H2,1-3H3. The van der Waals surface area contributed by atoms with Gasteiger partial charge in [-0.25, -0.2) is 0 Å². The lowest BCUT2D eigenvalue weighted by Crippen LogP contribution is -2.24.